The molecule has 0 aromatic heterocycles. The van der Waals surface area contributed by atoms with Crippen molar-refractivity contribution in [2.75, 3.05) is 6.61 Å². The lowest BCUT2D eigenvalue weighted by Gasteiger charge is -2.11. The van der Waals surface area contributed by atoms with Crippen molar-refractivity contribution in [1.82, 2.24) is 0 Å². The number of aliphatic hydroxyl groups excluding tert-OH is 1. The molecule has 1 rings (SSSR count). The van der Waals surface area contributed by atoms with E-state index >= 15 is 0 Å². The summed E-state index contributed by atoms with van der Waals surface area (Å²) in [4.78, 5) is 0. The third kappa shape index (κ3) is 4.97. The standard InChI is InChI=1S/C14H21ClO2/c1-10(2)5-4-8-17-14-7-6-12(11(3)16)9-13(14)15/h6-7,9-11,16H,4-5,8H2,1-3H3. The Morgan fingerprint density at radius 2 is 2.00 bits per heavy atom. The quantitative estimate of drug-likeness (QED) is 0.773. The first-order valence-electron chi connectivity index (χ1n) is 6.11. The van der Waals surface area contributed by atoms with Crippen LogP contribution in [-0.2, 0) is 0 Å². The molecule has 0 aliphatic carbocycles. The third-order valence-corrected chi connectivity index (χ3v) is 2.92. The average molecular weight is 257 g/mol. The summed E-state index contributed by atoms with van der Waals surface area (Å²) in [6, 6.07) is 5.41. The van der Waals surface area contributed by atoms with Crippen LogP contribution in [0.15, 0.2) is 18.2 Å². The lowest BCUT2D eigenvalue weighted by molar-refractivity contribution is 0.199. The molecule has 0 bridgehead atoms. The second kappa shape index (κ2) is 6.87. The molecule has 0 saturated carbocycles. The zero-order valence-electron chi connectivity index (χ0n) is 10.7. The molecule has 3 heteroatoms. The first kappa shape index (κ1) is 14.3. The lowest BCUT2D eigenvalue weighted by atomic mass is 10.1. The van der Waals surface area contributed by atoms with E-state index in [2.05, 4.69) is 13.8 Å². The van der Waals surface area contributed by atoms with Crippen LogP contribution in [0.2, 0.25) is 5.02 Å². The summed E-state index contributed by atoms with van der Waals surface area (Å²) in [5.74, 6) is 1.39. The van der Waals surface area contributed by atoms with Crippen molar-refractivity contribution in [2.45, 2.75) is 39.7 Å². The zero-order chi connectivity index (χ0) is 12.8. The highest BCUT2D eigenvalue weighted by Gasteiger charge is 2.06. The first-order valence-corrected chi connectivity index (χ1v) is 6.48. The molecule has 0 radical (unpaired) electrons. The number of ether oxygens (including phenoxy) is 1. The molecule has 1 N–H and O–H groups in total. The Hall–Kier alpha value is -0.730. The number of aliphatic hydroxyl groups is 1. The topological polar surface area (TPSA) is 29.5 Å². The van der Waals surface area contributed by atoms with Crippen LogP contribution in [0.3, 0.4) is 0 Å². The number of rotatable bonds is 6. The van der Waals surface area contributed by atoms with Gasteiger partial charge in [-0.05, 0) is 43.4 Å². The summed E-state index contributed by atoms with van der Waals surface area (Å²) in [5.41, 5.74) is 0.810. The van der Waals surface area contributed by atoms with Gasteiger partial charge in [0, 0.05) is 0 Å². The third-order valence-electron chi connectivity index (χ3n) is 2.62. The Morgan fingerprint density at radius 3 is 2.53 bits per heavy atom. The predicted octanol–water partition coefficient (Wildman–Crippen LogP) is 4.21. The summed E-state index contributed by atoms with van der Waals surface area (Å²) in [6.07, 6.45) is 1.69. The van der Waals surface area contributed by atoms with E-state index in [1.165, 1.54) is 0 Å². The number of hydrogen-bond acceptors (Lipinski definition) is 2. The van der Waals surface area contributed by atoms with Crippen molar-refractivity contribution in [1.29, 1.82) is 0 Å². The van der Waals surface area contributed by atoms with E-state index < -0.39 is 6.10 Å². The highest BCUT2D eigenvalue weighted by atomic mass is 35.5. The molecule has 0 heterocycles. The molecule has 0 aliphatic heterocycles. The SMILES string of the molecule is CC(C)CCCOc1ccc(C(C)O)cc1Cl. The monoisotopic (exact) mass is 256 g/mol. The molecule has 0 saturated heterocycles. The van der Waals surface area contributed by atoms with Crippen LogP contribution in [0.1, 0.15) is 45.3 Å². The summed E-state index contributed by atoms with van der Waals surface area (Å²) in [6.45, 7) is 6.80. The fourth-order valence-corrected chi connectivity index (χ4v) is 1.81. The van der Waals surface area contributed by atoms with Crippen molar-refractivity contribution < 1.29 is 9.84 Å². The van der Waals surface area contributed by atoms with Gasteiger partial charge in [0.05, 0.1) is 17.7 Å². The zero-order valence-corrected chi connectivity index (χ0v) is 11.5. The molecule has 17 heavy (non-hydrogen) atoms. The van der Waals surface area contributed by atoms with Gasteiger partial charge in [-0.15, -0.1) is 0 Å². The van der Waals surface area contributed by atoms with E-state index in [4.69, 9.17) is 16.3 Å². The Labute approximate surface area is 109 Å². The van der Waals surface area contributed by atoms with Gasteiger partial charge in [0.2, 0.25) is 0 Å². The van der Waals surface area contributed by atoms with Crippen molar-refractivity contribution in [3.8, 4) is 5.75 Å². The van der Waals surface area contributed by atoms with Crippen LogP contribution < -0.4 is 4.74 Å². The minimum absolute atomic E-state index is 0.498. The van der Waals surface area contributed by atoms with E-state index in [9.17, 15) is 5.11 Å². The first-order chi connectivity index (χ1) is 8.00. The molecule has 0 fully saturated rings. The van der Waals surface area contributed by atoms with Gasteiger partial charge in [0.25, 0.3) is 0 Å². The molecule has 0 spiro atoms. The molecule has 96 valence electrons. The second-order valence-electron chi connectivity index (χ2n) is 4.75. The van der Waals surface area contributed by atoms with Crippen molar-refractivity contribution in [3.63, 3.8) is 0 Å². The molecule has 1 unspecified atom stereocenters. The van der Waals surface area contributed by atoms with Crippen molar-refractivity contribution in [2.24, 2.45) is 5.92 Å². The fraction of sp³-hybridized carbons (Fsp3) is 0.571. The van der Waals surface area contributed by atoms with Crippen molar-refractivity contribution >= 4 is 11.6 Å². The number of halogens is 1. The van der Waals surface area contributed by atoms with Gasteiger partial charge in [-0.3, -0.25) is 0 Å². The Kier molecular flexibility index (Phi) is 5.79. The van der Waals surface area contributed by atoms with E-state index in [0.29, 0.717) is 23.3 Å². The van der Waals surface area contributed by atoms with Crippen LogP contribution in [0, 0.1) is 5.92 Å². The molecule has 0 amide bonds. The van der Waals surface area contributed by atoms with Crippen LogP contribution in [0.25, 0.3) is 0 Å². The number of hydrogen-bond donors (Lipinski definition) is 1. The molecule has 1 aromatic rings. The average Bonchev–Trinajstić information content (AvgIpc) is 2.25. The highest BCUT2D eigenvalue weighted by molar-refractivity contribution is 6.32. The smallest absolute Gasteiger partial charge is 0.137 e. The second-order valence-corrected chi connectivity index (χ2v) is 5.16. The lowest BCUT2D eigenvalue weighted by Crippen LogP contribution is -2.00. The van der Waals surface area contributed by atoms with Crippen LogP contribution >= 0.6 is 11.6 Å². The summed E-state index contributed by atoms with van der Waals surface area (Å²) in [7, 11) is 0. The summed E-state index contributed by atoms with van der Waals surface area (Å²) >= 11 is 6.08. The van der Waals surface area contributed by atoms with Gasteiger partial charge >= 0.3 is 0 Å². The van der Waals surface area contributed by atoms with Gasteiger partial charge in [-0.25, -0.2) is 0 Å². The van der Waals surface area contributed by atoms with Gasteiger partial charge in [0.15, 0.2) is 0 Å². The van der Waals surface area contributed by atoms with Gasteiger partial charge in [-0.1, -0.05) is 31.5 Å². The van der Waals surface area contributed by atoms with E-state index in [0.717, 1.165) is 18.4 Å². The molecular weight excluding hydrogens is 236 g/mol. The van der Waals surface area contributed by atoms with Gasteiger partial charge < -0.3 is 9.84 Å². The molecule has 2 nitrogen and oxygen atoms in total. The normalized spacial score (nSPS) is 12.8. The van der Waals surface area contributed by atoms with Crippen molar-refractivity contribution in [3.05, 3.63) is 28.8 Å². The number of benzene rings is 1. The Balaban J connectivity index is 2.49. The van der Waals surface area contributed by atoms with Gasteiger partial charge in [-0.2, -0.15) is 0 Å². The summed E-state index contributed by atoms with van der Waals surface area (Å²) < 4.78 is 5.61. The highest BCUT2D eigenvalue weighted by Crippen LogP contribution is 2.28. The summed E-state index contributed by atoms with van der Waals surface area (Å²) in [5, 5.41) is 9.98. The molecule has 1 atom stereocenters. The fourth-order valence-electron chi connectivity index (χ4n) is 1.57. The maximum absolute atomic E-state index is 9.41. The van der Waals surface area contributed by atoms with Crippen LogP contribution in [0.4, 0.5) is 0 Å². The van der Waals surface area contributed by atoms with Crippen LogP contribution in [0.5, 0.6) is 5.75 Å². The minimum atomic E-state index is -0.498. The van der Waals surface area contributed by atoms with E-state index in [1.807, 2.05) is 12.1 Å². The maximum atomic E-state index is 9.41. The Bertz CT molecular complexity index is 348. The predicted molar refractivity (Wildman–Crippen MR) is 71.7 cm³/mol. The molecule has 1 aromatic carbocycles. The molecular formula is C14H21ClO2. The van der Waals surface area contributed by atoms with E-state index in [1.54, 1.807) is 13.0 Å². The van der Waals surface area contributed by atoms with E-state index in [-0.39, 0.29) is 0 Å². The van der Waals surface area contributed by atoms with Crippen LogP contribution in [-0.4, -0.2) is 11.7 Å². The largest absolute Gasteiger partial charge is 0.492 e. The minimum Gasteiger partial charge on any atom is -0.492 e. The molecule has 0 aliphatic rings. The van der Waals surface area contributed by atoms with Gasteiger partial charge in [0.1, 0.15) is 5.75 Å². The Morgan fingerprint density at radius 1 is 1.29 bits per heavy atom. The maximum Gasteiger partial charge on any atom is 0.137 e.